The van der Waals surface area contributed by atoms with Gasteiger partial charge in [0.05, 0.1) is 18.4 Å². The zero-order chi connectivity index (χ0) is 24.3. The van der Waals surface area contributed by atoms with Gasteiger partial charge in [-0.05, 0) is 38.5 Å². The van der Waals surface area contributed by atoms with E-state index in [1.54, 1.807) is 6.20 Å². The third kappa shape index (κ3) is 6.41. The first kappa shape index (κ1) is 25.2. The van der Waals surface area contributed by atoms with Crippen LogP contribution >= 0.6 is 11.6 Å². The molecule has 0 aromatic carbocycles. The van der Waals surface area contributed by atoms with Gasteiger partial charge in [0.1, 0.15) is 11.1 Å². The van der Waals surface area contributed by atoms with Gasteiger partial charge in [-0.15, -0.1) is 0 Å². The SMILES string of the molecule is Cn1ncc(N2CC[C@@H](OC(=O)NC3CCC(NS(=O)(=O)NC4CCCC4)CC3)C2)c(Cl)c1=O. The van der Waals surface area contributed by atoms with Crippen LogP contribution in [-0.4, -0.2) is 61.6 Å². The number of rotatable bonds is 7. The average molecular weight is 517 g/mol. The molecule has 3 aliphatic rings. The standard InChI is InChI=1S/C21H33ClN6O5S/c1-27-20(29)19(22)18(12-23-27)28-11-10-17(13-28)33-21(30)24-14-6-8-16(9-7-14)26-34(31,32)25-15-4-2-3-5-15/h12,14-17,25-26H,2-11,13H2,1H3,(H,24,30)/t14?,16?,17-/m1/s1. The van der Waals surface area contributed by atoms with Crippen molar-refractivity contribution in [3.63, 3.8) is 0 Å². The van der Waals surface area contributed by atoms with E-state index in [2.05, 4.69) is 19.9 Å². The molecule has 2 heterocycles. The first-order valence-corrected chi connectivity index (χ1v) is 13.8. The van der Waals surface area contributed by atoms with Crippen molar-refractivity contribution in [3.05, 3.63) is 21.6 Å². The lowest BCUT2D eigenvalue weighted by Gasteiger charge is -2.30. The van der Waals surface area contributed by atoms with Crippen LogP contribution in [0.5, 0.6) is 0 Å². The number of aromatic nitrogens is 2. The number of hydrogen-bond acceptors (Lipinski definition) is 7. The van der Waals surface area contributed by atoms with Gasteiger partial charge in [0.2, 0.25) is 0 Å². The van der Waals surface area contributed by atoms with Crippen molar-refractivity contribution in [1.82, 2.24) is 24.5 Å². The molecule has 3 fully saturated rings. The minimum absolute atomic E-state index is 0.0383. The van der Waals surface area contributed by atoms with Crippen LogP contribution in [0.3, 0.4) is 0 Å². The summed E-state index contributed by atoms with van der Waals surface area (Å²) in [6, 6.07) is -0.144. The smallest absolute Gasteiger partial charge is 0.407 e. The van der Waals surface area contributed by atoms with Crippen molar-refractivity contribution in [2.24, 2.45) is 7.05 Å². The Hall–Kier alpha value is -1.89. The Morgan fingerprint density at radius 3 is 2.35 bits per heavy atom. The number of carbonyl (C=O) groups excluding carboxylic acids is 1. The largest absolute Gasteiger partial charge is 0.444 e. The number of carbonyl (C=O) groups is 1. The number of nitrogens with one attached hydrogen (secondary N) is 3. The molecular weight excluding hydrogens is 484 g/mol. The molecule has 0 unspecified atom stereocenters. The monoisotopic (exact) mass is 516 g/mol. The Kier molecular flexibility index (Phi) is 8.01. The molecule has 0 bridgehead atoms. The number of hydrogen-bond donors (Lipinski definition) is 3. The van der Waals surface area contributed by atoms with Crippen molar-refractivity contribution < 1.29 is 17.9 Å². The van der Waals surface area contributed by atoms with Gasteiger partial charge in [-0.25, -0.2) is 9.48 Å². The molecule has 4 rings (SSSR count). The molecule has 34 heavy (non-hydrogen) atoms. The van der Waals surface area contributed by atoms with Crippen LogP contribution in [0.2, 0.25) is 5.02 Å². The molecule has 0 radical (unpaired) electrons. The van der Waals surface area contributed by atoms with Gasteiger partial charge in [0, 0.05) is 38.1 Å². The number of halogens is 1. The van der Waals surface area contributed by atoms with E-state index in [0.29, 0.717) is 50.9 Å². The summed E-state index contributed by atoms with van der Waals surface area (Å²) >= 11 is 6.17. The lowest BCUT2D eigenvalue weighted by atomic mass is 9.92. The number of nitrogens with zero attached hydrogens (tertiary/aromatic N) is 3. The van der Waals surface area contributed by atoms with Crippen LogP contribution in [0.1, 0.15) is 57.8 Å². The summed E-state index contributed by atoms with van der Waals surface area (Å²) in [6.45, 7) is 1.04. The molecule has 1 aromatic heterocycles. The normalized spacial score (nSPS) is 26.1. The summed E-state index contributed by atoms with van der Waals surface area (Å²) in [5, 5.41) is 7.02. The van der Waals surface area contributed by atoms with Gasteiger partial charge < -0.3 is 15.0 Å². The minimum atomic E-state index is -3.51. The second kappa shape index (κ2) is 10.8. The maximum absolute atomic E-state index is 12.4. The number of amides is 1. The molecule has 13 heteroatoms. The first-order chi connectivity index (χ1) is 16.2. The van der Waals surface area contributed by atoms with Gasteiger partial charge in [-0.3, -0.25) is 4.79 Å². The van der Waals surface area contributed by atoms with Gasteiger partial charge in [0.15, 0.2) is 0 Å². The molecule has 1 aliphatic heterocycles. The van der Waals surface area contributed by atoms with Gasteiger partial charge >= 0.3 is 6.09 Å². The number of alkyl carbamates (subject to hydrolysis) is 1. The molecule has 3 N–H and O–H groups in total. The minimum Gasteiger partial charge on any atom is -0.444 e. The van der Waals surface area contributed by atoms with Crippen LogP contribution in [0.4, 0.5) is 10.5 Å². The molecule has 0 spiro atoms. The van der Waals surface area contributed by atoms with E-state index in [0.717, 1.165) is 25.7 Å². The fourth-order valence-corrected chi connectivity index (χ4v) is 6.70. The Bertz CT molecular complexity index is 1040. The predicted octanol–water partition coefficient (Wildman–Crippen LogP) is 1.42. The van der Waals surface area contributed by atoms with E-state index in [1.165, 1.54) is 11.7 Å². The zero-order valence-electron chi connectivity index (χ0n) is 19.3. The lowest BCUT2D eigenvalue weighted by Crippen LogP contribution is -2.49. The summed E-state index contributed by atoms with van der Waals surface area (Å²) in [7, 11) is -1.97. The first-order valence-electron chi connectivity index (χ1n) is 11.9. The summed E-state index contributed by atoms with van der Waals surface area (Å²) in [5.41, 5.74) is 0.174. The molecule has 1 saturated heterocycles. The predicted molar refractivity (Wildman–Crippen MR) is 128 cm³/mol. The average Bonchev–Trinajstić information content (AvgIpc) is 3.45. The quantitative estimate of drug-likeness (QED) is 0.498. The van der Waals surface area contributed by atoms with Gasteiger partial charge in [0.25, 0.3) is 15.8 Å². The topological polar surface area (TPSA) is 135 Å². The van der Waals surface area contributed by atoms with E-state index >= 15 is 0 Å². The Morgan fingerprint density at radius 1 is 1.06 bits per heavy atom. The fraction of sp³-hybridized carbons (Fsp3) is 0.762. The molecular formula is C21H33ClN6O5S. The summed E-state index contributed by atoms with van der Waals surface area (Å²) < 4.78 is 37.0. The van der Waals surface area contributed by atoms with E-state index in [-0.39, 0.29) is 34.8 Å². The highest BCUT2D eigenvalue weighted by atomic mass is 35.5. The van der Waals surface area contributed by atoms with E-state index in [4.69, 9.17) is 16.3 Å². The number of anilines is 1. The highest BCUT2D eigenvalue weighted by molar-refractivity contribution is 7.87. The summed E-state index contributed by atoms with van der Waals surface area (Å²) in [4.78, 5) is 26.3. The van der Waals surface area contributed by atoms with Crippen LogP contribution in [0.25, 0.3) is 0 Å². The number of ether oxygens (including phenoxy) is 1. The van der Waals surface area contributed by atoms with E-state index < -0.39 is 16.3 Å². The maximum Gasteiger partial charge on any atom is 0.407 e. The van der Waals surface area contributed by atoms with E-state index in [1.807, 2.05) is 4.90 Å². The zero-order valence-corrected chi connectivity index (χ0v) is 20.9. The molecule has 1 atom stereocenters. The van der Waals surface area contributed by atoms with Crippen molar-refractivity contribution >= 4 is 33.6 Å². The third-order valence-corrected chi connectivity index (χ3v) is 8.51. The Balaban J connectivity index is 1.18. The maximum atomic E-state index is 12.4. The van der Waals surface area contributed by atoms with Crippen LogP contribution in [-0.2, 0) is 22.0 Å². The highest BCUT2D eigenvalue weighted by Gasteiger charge is 2.31. The molecule has 1 amide bonds. The highest BCUT2D eigenvalue weighted by Crippen LogP contribution is 2.26. The van der Waals surface area contributed by atoms with Crippen molar-refractivity contribution in [1.29, 1.82) is 0 Å². The van der Waals surface area contributed by atoms with Crippen LogP contribution < -0.4 is 25.2 Å². The summed E-state index contributed by atoms with van der Waals surface area (Å²) in [6.07, 6.45) is 7.96. The molecule has 11 nitrogen and oxygen atoms in total. The lowest BCUT2D eigenvalue weighted by molar-refractivity contribution is 0.102. The third-order valence-electron chi connectivity index (χ3n) is 6.87. The van der Waals surface area contributed by atoms with E-state index in [9.17, 15) is 18.0 Å². The van der Waals surface area contributed by atoms with Crippen LogP contribution in [0, 0.1) is 0 Å². The molecule has 190 valence electrons. The number of aryl methyl sites for hydroxylation is 1. The Morgan fingerprint density at radius 2 is 1.68 bits per heavy atom. The van der Waals surface area contributed by atoms with Crippen molar-refractivity contribution in [3.8, 4) is 0 Å². The summed E-state index contributed by atoms with van der Waals surface area (Å²) in [5.74, 6) is 0. The van der Waals surface area contributed by atoms with Crippen molar-refractivity contribution in [2.45, 2.75) is 82.0 Å². The van der Waals surface area contributed by atoms with Crippen LogP contribution in [0.15, 0.2) is 11.0 Å². The molecule has 1 aromatic rings. The second-order valence-electron chi connectivity index (χ2n) is 9.45. The second-order valence-corrected chi connectivity index (χ2v) is 11.3. The van der Waals surface area contributed by atoms with Gasteiger partial charge in [-0.1, -0.05) is 24.4 Å². The van der Waals surface area contributed by atoms with Gasteiger partial charge in [-0.2, -0.15) is 23.0 Å². The Labute approximate surface area is 204 Å². The molecule has 2 saturated carbocycles. The van der Waals surface area contributed by atoms with Crippen molar-refractivity contribution in [2.75, 3.05) is 18.0 Å². The fourth-order valence-electron chi connectivity index (χ4n) is 4.99. The molecule has 2 aliphatic carbocycles.